The molecule has 0 aliphatic heterocycles. The molecule has 0 aliphatic carbocycles. The molecule has 0 bridgehead atoms. The first-order valence-corrected chi connectivity index (χ1v) is 6.24. The van der Waals surface area contributed by atoms with Crippen molar-refractivity contribution in [1.82, 2.24) is 15.0 Å². The molecule has 0 atom stereocenters. The summed E-state index contributed by atoms with van der Waals surface area (Å²) in [5, 5.41) is 3.14. The van der Waals surface area contributed by atoms with Crippen LogP contribution in [0, 0.1) is 0 Å². The van der Waals surface area contributed by atoms with Crippen LogP contribution in [0.1, 0.15) is 30.2 Å². The van der Waals surface area contributed by atoms with Crippen molar-refractivity contribution in [3.8, 4) is 0 Å². The minimum absolute atomic E-state index is 0.806. The zero-order chi connectivity index (χ0) is 12.8. The third-order valence-corrected chi connectivity index (χ3v) is 2.87. The largest absolute Gasteiger partial charge is 0.373 e. The van der Waals surface area contributed by atoms with Crippen LogP contribution < -0.4 is 5.32 Å². The lowest BCUT2D eigenvalue weighted by Crippen LogP contribution is -2.06. The fraction of sp³-hybridized carbons (Fsp3) is 0.357. The van der Waals surface area contributed by atoms with Crippen molar-refractivity contribution in [3.05, 3.63) is 47.7 Å². The summed E-state index contributed by atoms with van der Waals surface area (Å²) in [5.41, 5.74) is 3.48. The molecule has 0 saturated carbocycles. The van der Waals surface area contributed by atoms with Crippen molar-refractivity contribution in [3.63, 3.8) is 0 Å². The zero-order valence-corrected chi connectivity index (χ0v) is 10.8. The van der Waals surface area contributed by atoms with Gasteiger partial charge in [-0.2, -0.15) is 0 Å². The number of aromatic nitrogens is 3. The highest BCUT2D eigenvalue weighted by molar-refractivity contribution is 5.46. The lowest BCUT2D eigenvalue weighted by Gasteiger charge is -2.11. The van der Waals surface area contributed by atoms with Gasteiger partial charge in [-0.3, -0.25) is 4.98 Å². The molecule has 94 valence electrons. The lowest BCUT2D eigenvalue weighted by molar-refractivity contribution is 0.868. The van der Waals surface area contributed by atoms with Gasteiger partial charge in [-0.1, -0.05) is 19.4 Å². The molecule has 0 aromatic carbocycles. The predicted octanol–water partition coefficient (Wildman–Crippen LogP) is 2.46. The molecule has 2 aromatic rings. The Kier molecular flexibility index (Phi) is 4.23. The highest BCUT2D eigenvalue weighted by Gasteiger charge is 2.10. The van der Waals surface area contributed by atoms with E-state index in [-0.39, 0.29) is 0 Å². The van der Waals surface area contributed by atoms with Crippen molar-refractivity contribution in [1.29, 1.82) is 0 Å². The van der Waals surface area contributed by atoms with E-state index in [4.69, 9.17) is 0 Å². The average molecular weight is 242 g/mol. The van der Waals surface area contributed by atoms with Gasteiger partial charge in [0, 0.05) is 31.4 Å². The second-order valence-corrected chi connectivity index (χ2v) is 4.19. The highest BCUT2D eigenvalue weighted by Crippen LogP contribution is 2.19. The summed E-state index contributed by atoms with van der Waals surface area (Å²) in [4.78, 5) is 12.8. The van der Waals surface area contributed by atoms with E-state index < -0.39 is 0 Å². The van der Waals surface area contributed by atoms with E-state index in [1.165, 1.54) is 11.1 Å². The summed E-state index contributed by atoms with van der Waals surface area (Å²) in [6.07, 6.45) is 8.18. The molecule has 0 aliphatic rings. The van der Waals surface area contributed by atoms with Crippen LogP contribution in [-0.2, 0) is 12.8 Å². The molecular weight excluding hydrogens is 224 g/mol. The molecule has 0 unspecified atom stereocenters. The second kappa shape index (κ2) is 6.10. The van der Waals surface area contributed by atoms with Gasteiger partial charge in [0.2, 0.25) is 0 Å². The van der Waals surface area contributed by atoms with E-state index in [1.54, 1.807) is 12.5 Å². The fourth-order valence-corrected chi connectivity index (χ4v) is 2.03. The minimum Gasteiger partial charge on any atom is -0.373 e. The zero-order valence-electron chi connectivity index (χ0n) is 10.8. The number of nitrogens with zero attached hydrogens (tertiary/aromatic N) is 3. The third kappa shape index (κ3) is 2.83. The molecule has 2 aromatic heterocycles. The minimum atomic E-state index is 0.806. The van der Waals surface area contributed by atoms with Crippen molar-refractivity contribution in [2.45, 2.75) is 26.2 Å². The Morgan fingerprint density at radius 2 is 2.17 bits per heavy atom. The quantitative estimate of drug-likeness (QED) is 0.875. The first-order chi connectivity index (χ1) is 8.85. The van der Waals surface area contributed by atoms with Crippen molar-refractivity contribution in [2.75, 3.05) is 12.4 Å². The first kappa shape index (κ1) is 12.5. The van der Waals surface area contributed by atoms with Crippen molar-refractivity contribution in [2.24, 2.45) is 0 Å². The molecule has 1 N–H and O–H groups in total. The Labute approximate surface area is 108 Å². The molecule has 2 heterocycles. The van der Waals surface area contributed by atoms with E-state index in [9.17, 15) is 0 Å². The number of anilines is 1. The van der Waals surface area contributed by atoms with Crippen molar-refractivity contribution >= 4 is 5.82 Å². The number of rotatable bonds is 5. The van der Waals surface area contributed by atoms with Crippen LogP contribution in [0.2, 0.25) is 0 Å². The number of hydrogen-bond donors (Lipinski definition) is 1. The molecule has 0 radical (unpaired) electrons. The van der Waals surface area contributed by atoms with Crippen LogP contribution in [0.4, 0.5) is 5.82 Å². The first-order valence-electron chi connectivity index (χ1n) is 6.24. The van der Waals surface area contributed by atoms with E-state index in [2.05, 4.69) is 33.3 Å². The topological polar surface area (TPSA) is 50.7 Å². The van der Waals surface area contributed by atoms with E-state index in [1.807, 2.05) is 19.3 Å². The molecule has 0 saturated heterocycles. The normalized spacial score (nSPS) is 10.3. The number of nitrogens with one attached hydrogen (secondary N) is 1. The van der Waals surface area contributed by atoms with Crippen molar-refractivity contribution < 1.29 is 0 Å². The van der Waals surface area contributed by atoms with E-state index in [0.29, 0.717) is 0 Å². The molecule has 0 fully saturated rings. The summed E-state index contributed by atoms with van der Waals surface area (Å²) in [5.74, 6) is 0.936. The Morgan fingerprint density at radius 1 is 1.28 bits per heavy atom. The fourth-order valence-electron chi connectivity index (χ4n) is 2.03. The van der Waals surface area contributed by atoms with Crippen LogP contribution in [0.3, 0.4) is 0 Å². The number of pyridine rings is 1. The Bertz CT molecular complexity index is 496. The van der Waals surface area contributed by atoms with Gasteiger partial charge in [0.25, 0.3) is 0 Å². The summed E-state index contributed by atoms with van der Waals surface area (Å²) < 4.78 is 0. The van der Waals surface area contributed by atoms with Gasteiger partial charge in [-0.05, 0) is 18.1 Å². The maximum absolute atomic E-state index is 4.42. The Hall–Kier alpha value is -1.97. The molecule has 2 rings (SSSR count). The SMILES string of the molecule is CCCc1c(Cc2cccnc2)ncnc1NC. The van der Waals surface area contributed by atoms with Gasteiger partial charge in [0.1, 0.15) is 12.1 Å². The molecule has 4 nitrogen and oxygen atoms in total. The van der Waals surface area contributed by atoms with Crippen LogP contribution >= 0.6 is 0 Å². The van der Waals surface area contributed by atoms with Gasteiger partial charge in [0.15, 0.2) is 0 Å². The highest BCUT2D eigenvalue weighted by atomic mass is 15.0. The van der Waals surface area contributed by atoms with Gasteiger partial charge < -0.3 is 5.32 Å². The summed E-state index contributed by atoms with van der Waals surface area (Å²) in [6.45, 7) is 2.17. The van der Waals surface area contributed by atoms with Crippen LogP contribution in [0.15, 0.2) is 30.9 Å². The second-order valence-electron chi connectivity index (χ2n) is 4.19. The maximum atomic E-state index is 4.42. The van der Waals surface area contributed by atoms with Crippen LogP contribution in [-0.4, -0.2) is 22.0 Å². The van der Waals surface area contributed by atoms with E-state index in [0.717, 1.165) is 30.8 Å². The van der Waals surface area contributed by atoms with Crippen LogP contribution in [0.5, 0.6) is 0 Å². The third-order valence-electron chi connectivity index (χ3n) is 2.87. The summed E-state index contributed by atoms with van der Waals surface area (Å²) in [6, 6.07) is 4.03. The Morgan fingerprint density at radius 3 is 2.83 bits per heavy atom. The molecule has 0 spiro atoms. The van der Waals surface area contributed by atoms with Crippen LogP contribution in [0.25, 0.3) is 0 Å². The standard InChI is InChI=1S/C14H18N4/c1-3-5-12-13(17-10-18-14(12)15-2)8-11-6-4-7-16-9-11/h4,6-7,9-10H,3,5,8H2,1-2H3,(H,15,17,18). The van der Waals surface area contributed by atoms with Gasteiger partial charge in [0.05, 0.1) is 5.69 Å². The Balaban J connectivity index is 2.32. The number of hydrogen-bond acceptors (Lipinski definition) is 4. The van der Waals surface area contributed by atoms with Gasteiger partial charge >= 0.3 is 0 Å². The van der Waals surface area contributed by atoms with Gasteiger partial charge in [-0.25, -0.2) is 9.97 Å². The lowest BCUT2D eigenvalue weighted by atomic mass is 10.0. The monoisotopic (exact) mass is 242 g/mol. The average Bonchev–Trinajstić information content (AvgIpc) is 2.42. The molecular formula is C14H18N4. The summed E-state index contributed by atoms with van der Waals surface area (Å²) in [7, 11) is 1.90. The smallest absolute Gasteiger partial charge is 0.132 e. The molecule has 4 heteroatoms. The maximum Gasteiger partial charge on any atom is 0.132 e. The predicted molar refractivity (Wildman–Crippen MR) is 72.6 cm³/mol. The van der Waals surface area contributed by atoms with E-state index >= 15 is 0 Å². The van der Waals surface area contributed by atoms with Gasteiger partial charge in [-0.15, -0.1) is 0 Å². The molecule has 0 amide bonds. The molecule has 18 heavy (non-hydrogen) atoms. The summed E-state index contributed by atoms with van der Waals surface area (Å²) >= 11 is 0.